The van der Waals surface area contributed by atoms with Crippen molar-refractivity contribution in [2.75, 3.05) is 0 Å². The molecule has 0 aromatic carbocycles. The maximum atomic E-state index is 13.1. The van der Waals surface area contributed by atoms with Crippen LogP contribution < -0.4 is 5.73 Å². The Morgan fingerprint density at radius 1 is 1.06 bits per heavy atom. The zero-order chi connectivity index (χ0) is 13.5. The second-order valence-electron chi connectivity index (χ2n) is 3.23. The van der Waals surface area contributed by atoms with E-state index in [1.807, 2.05) is 0 Å². The third kappa shape index (κ3) is 2.25. The zero-order valence-electron chi connectivity index (χ0n) is 7.94. The molecule has 0 unspecified atom stereocenters. The Hall–Kier alpha value is -0.830. The first-order chi connectivity index (χ1) is 7.52. The molecule has 1 heterocycles. The number of hydrogen-bond acceptors (Lipinski definition) is 2. The van der Waals surface area contributed by atoms with Crippen LogP contribution in [-0.2, 0) is 0 Å². The zero-order valence-corrected chi connectivity index (χ0v) is 8.76. The predicted octanol–water partition coefficient (Wildman–Crippen LogP) is 3.58. The van der Waals surface area contributed by atoms with E-state index in [9.17, 15) is 30.7 Å². The van der Waals surface area contributed by atoms with Crippen LogP contribution in [0.4, 0.5) is 30.7 Å². The summed E-state index contributed by atoms with van der Waals surface area (Å²) in [6.07, 6.45) is -6.36. The summed E-state index contributed by atoms with van der Waals surface area (Å²) >= 11 is 0.863. The summed E-state index contributed by atoms with van der Waals surface area (Å²) in [5, 5.41) is 2.24. The molecule has 0 radical (unpaired) electrons. The van der Waals surface area contributed by atoms with Crippen LogP contribution in [0, 0.1) is 0 Å². The highest BCUT2D eigenvalue weighted by Gasteiger charge is 2.74. The highest BCUT2D eigenvalue weighted by atomic mass is 32.1. The van der Waals surface area contributed by atoms with Gasteiger partial charge in [0.2, 0.25) is 0 Å². The SMILES string of the molecule is N[C@H](c1ccsc1)C(F)(F)C(F)(F)C(F)(F)F. The molecule has 1 aromatic heterocycles. The lowest BCUT2D eigenvalue weighted by molar-refractivity contribution is -0.359. The predicted molar refractivity (Wildman–Crippen MR) is 47.2 cm³/mol. The Morgan fingerprint density at radius 3 is 1.94 bits per heavy atom. The normalized spacial score (nSPS) is 16.0. The van der Waals surface area contributed by atoms with Crippen molar-refractivity contribution in [3.63, 3.8) is 0 Å². The Kier molecular flexibility index (Phi) is 3.45. The molecule has 17 heavy (non-hydrogen) atoms. The van der Waals surface area contributed by atoms with Gasteiger partial charge in [-0.1, -0.05) is 0 Å². The molecule has 0 bridgehead atoms. The standard InChI is InChI=1S/C8H6F7NS/c9-6(10,7(11,12)8(13,14)15)5(16)4-1-2-17-3-4/h1-3,5H,16H2/t5-/m1/s1. The molecule has 0 amide bonds. The van der Waals surface area contributed by atoms with E-state index in [0.29, 0.717) is 0 Å². The second kappa shape index (κ2) is 4.13. The molecule has 2 N–H and O–H groups in total. The minimum absolute atomic E-state index is 0.469. The van der Waals surface area contributed by atoms with Gasteiger partial charge in [0, 0.05) is 0 Å². The van der Waals surface area contributed by atoms with Gasteiger partial charge in [-0.15, -0.1) is 0 Å². The van der Waals surface area contributed by atoms with Crippen LogP contribution >= 0.6 is 11.3 Å². The van der Waals surface area contributed by atoms with Crippen molar-refractivity contribution in [1.29, 1.82) is 0 Å². The topological polar surface area (TPSA) is 26.0 Å². The molecule has 0 aliphatic heterocycles. The molecule has 1 atom stereocenters. The van der Waals surface area contributed by atoms with Gasteiger partial charge < -0.3 is 5.73 Å². The van der Waals surface area contributed by atoms with Crippen molar-refractivity contribution >= 4 is 11.3 Å². The second-order valence-corrected chi connectivity index (χ2v) is 4.01. The van der Waals surface area contributed by atoms with Gasteiger partial charge >= 0.3 is 18.0 Å². The summed E-state index contributed by atoms with van der Waals surface area (Å²) in [5.41, 5.74) is 4.31. The largest absolute Gasteiger partial charge is 0.459 e. The minimum atomic E-state index is -6.36. The van der Waals surface area contributed by atoms with Gasteiger partial charge in [0.05, 0.1) is 0 Å². The van der Waals surface area contributed by atoms with Crippen molar-refractivity contribution in [1.82, 2.24) is 0 Å². The highest BCUT2D eigenvalue weighted by molar-refractivity contribution is 7.07. The van der Waals surface area contributed by atoms with Gasteiger partial charge in [-0.05, 0) is 22.4 Å². The van der Waals surface area contributed by atoms with Crippen LogP contribution in [0.3, 0.4) is 0 Å². The first kappa shape index (κ1) is 14.2. The Labute approximate surface area is 95.0 Å². The van der Waals surface area contributed by atoms with E-state index in [2.05, 4.69) is 0 Å². The molecule has 0 saturated heterocycles. The summed E-state index contributed by atoms with van der Waals surface area (Å²) in [6, 6.07) is -1.75. The quantitative estimate of drug-likeness (QED) is 0.842. The molecule has 0 aliphatic rings. The van der Waals surface area contributed by atoms with Gasteiger partial charge in [-0.3, -0.25) is 0 Å². The summed E-state index contributed by atoms with van der Waals surface area (Å²) in [7, 11) is 0. The summed E-state index contributed by atoms with van der Waals surface area (Å²) in [6.45, 7) is 0. The van der Waals surface area contributed by atoms with E-state index in [0.717, 1.165) is 22.8 Å². The van der Waals surface area contributed by atoms with Crippen LogP contribution in [0.15, 0.2) is 16.8 Å². The molecular formula is C8H6F7NS. The molecule has 98 valence electrons. The van der Waals surface area contributed by atoms with Crippen molar-refractivity contribution < 1.29 is 30.7 Å². The van der Waals surface area contributed by atoms with Crippen LogP contribution in [0.2, 0.25) is 0 Å². The Morgan fingerprint density at radius 2 is 1.59 bits per heavy atom. The first-order valence-electron chi connectivity index (χ1n) is 4.12. The van der Waals surface area contributed by atoms with Crippen molar-refractivity contribution in [3.05, 3.63) is 22.4 Å². The highest BCUT2D eigenvalue weighted by Crippen LogP contribution is 2.51. The van der Waals surface area contributed by atoms with E-state index in [1.165, 1.54) is 5.38 Å². The smallest absolute Gasteiger partial charge is 0.319 e. The van der Waals surface area contributed by atoms with Crippen LogP contribution in [-0.4, -0.2) is 18.0 Å². The number of rotatable bonds is 3. The van der Waals surface area contributed by atoms with E-state index >= 15 is 0 Å². The molecule has 0 spiro atoms. The fourth-order valence-corrected chi connectivity index (χ4v) is 1.74. The van der Waals surface area contributed by atoms with E-state index in [4.69, 9.17) is 5.73 Å². The molecule has 9 heteroatoms. The number of nitrogens with two attached hydrogens (primary N) is 1. The molecule has 1 nitrogen and oxygen atoms in total. The lowest BCUT2D eigenvalue weighted by Gasteiger charge is -2.31. The fraction of sp³-hybridized carbons (Fsp3) is 0.500. The number of hydrogen-bond donors (Lipinski definition) is 1. The lowest BCUT2D eigenvalue weighted by atomic mass is 9.98. The Bertz CT molecular complexity index is 370. The van der Waals surface area contributed by atoms with Gasteiger partial charge in [0.25, 0.3) is 0 Å². The van der Waals surface area contributed by atoms with Crippen LogP contribution in [0.1, 0.15) is 11.6 Å². The number of alkyl halides is 7. The molecule has 0 fully saturated rings. The maximum absolute atomic E-state index is 13.1. The fourth-order valence-electron chi connectivity index (χ4n) is 1.05. The van der Waals surface area contributed by atoms with E-state index in [1.54, 1.807) is 0 Å². The van der Waals surface area contributed by atoms with Gasteiger partial charge in [-0.2, -0.15) is 42.1 Å². The molecule has 1 rings (SSSR count). The molecule has 0 saturated carbocycles. The molecule has 1 aromatic rings. The number of halogens is 7. The van der Waals surface area contributed by atoms with Gasteiger partial charge in [0.15, 0.2) is 0 Å². The van der Waals surface area contributed by atoms with E-state index < -0.39 is 29.6 Å². The molecule has 0 aliphatic carbocycles. The number of thiophene rings is 1. The van der Waals surface area contributed by atoms with Crippen molar-refractivity contribution in [2.45, 2.75) is 24.1 Å². The first-order valence-corrected chi connectivity index (χ1v) is 5.06. The van der Waals surface area contributed by atoms with Gasteiger partial charge in [0.1, 0.15) is 6.04 Å². The molecular weight excluding hydrogens is 275 g/mol. The summed E-state index contributed by atoms with van der Waals surface area (Å²) < 4.78 is 86.9. The third-order valence-corrected chi connectivity index (χ3v) is 2.77. The monoisotopic (exact) mass is 281 g/mol. The van der Waals surface area contributed by atoms with E-state index in [-0.39, 0.29) is 0 Å². The van der Waals surface area contributed by atoms with Crippen LogP contribution in [0.25, 0.3) is 0 Å². The lowest BCUT2D eigenvalue weighted by Crippen LogP contribution is -2.56. The van der Waals surface area contributed by atoms with Crippen LogP contribution in [0.5, 0.6) is 0 Å². The minimum Gasteiger partial charge on any atom is -0.319 e. The van der Waals surface area contributed by atoms with Crippen molar-refractivity contribution in [3.8, 4) is 0 Å². The average Bonchev–Trinajstić information content (AvgIpc) is 2.66. The Balaban J connectivity index is 3.11. The van der Waals surface area contributed by atoms with Crippen molar-refractivity contribution in [2.24, 2.45) is 5.73 Å². The van der Waals surface area contributed by atoms with Gasteiger partial charge in [-0.25, -0.2) is 0 Å². The summed E-state index contributed by atoms with van der Waals surface area (Å²) in [4.78, 5) is 0. The maximum Gasteiger partial charge on any atom is 0.459 e. The third-order valence-electron chi connectivity index (χ3n) is 2.07. The summed E-state index contributed by atoms with van der Waals surface area (Å²) in [5.74, 6) is -11.6. The average molecular weight is 281 g/mol.